The van der Waals surface area contributed by atoms with Gasteiger partial charge in [0.25, 0.3) is 0 Å². The lowest BCUT2D eigenvalue weighted by Crippen LogP contribution is -2.27. The number of likely N-dealkylation sites (N-methyl/N-ethyl adjacent to an activating group) is 1. The van der Waals surface area contributed by atoms with Crippen molar-refractivity contribution >= 4 is 0 Å². The fourth-order valence-electron chi connectivity index (χ4n) is 1.79. The Labute approximate surface area is 86.2 Å². The van der Waals surface area contributed by atoms with Crippen LogP contribution in [-0.2, 0) is 0 Å². The van der Waals surface area contributed by atoms with Gasteiger partial charge in [0.1, 0.15) is 0 Å². The number of rotatable bonds is 5. The van der Waals surface area contributed by atoms with Crippen molar-refractivity contribution in [3.05, 3.63) is 35.9 Å². The molecule has 1 N–H and O–H groups in total. The fraction of sp³-hybridized carbons (Fsp3) is 0.500. The number of aliphatic hydroxyl groups excluding tert-OH is 1. The average molecular weight is 193 g/mol. The third kappa shape index (κ3) is 2.82. The summed E-state index contributed by atoms with van der Waals surface area (Å²) in [5.41, 5.74) is 1.32. The van der Waals surface area contributed by atoms with Gasteiger partial charge in [0.2, 0.25) is 0 Å². The summed E-state index contributed by atoms with van der Waals surface area (Å²) >= 11 is 0. The molecule has 14 heavy (non-hydrogen) atoms. The summed E-state index contributed by atoms with van der Waals surface area (Å²) in [6, 6.07) is 10.9. The smallest absolute Gasteiger partial charge is 0.0558 e. The van der Waals surface area contributed by atoms with Crippen molar-refractivity contribution in [2.45, 2.75) is 19.4 Å². The van der Waals surface area contributed by atoms with E-state index in [1.807, 2.05) is 6.07 Å². The Kier molecular flexibility index (Phi) is 4.63. The molecule has 1 aromatic carbocycles. The largest absolute Gasteiger partial charge is 0.395 e. The zero-order chi connectivity index (χ0) is 10.4. The van der Waals surface area contributed by atoms with E-state index in [1.54, 1.807) is 0 Å². The van der Waals surface area contributed by atoms with E-state index < -0.39 is 0 Å². The Hall–Kier alpha value is -0.860. The minimum atomic E-state index is 0.222. The van der Waals surface area contributed by atoms with Gasteiger partial charge in [0.05, 0.1) is 6.61 Å². The molecule has 0 aliphatic carbocycles. The summed E-state index contributed by atoms with van der Waals surface area (Å²) in [7, 11) is 2.05. The molecule has 0 spiro atoms. The topological polar surface area (TPSA) is 23.5 Å². The molecule has 0 fully saturated rings. The van der Waals surface area contributed by atoms with Gasteiger partial charge in [-0.05, 0) is 19.0 Å². The van der Waals surface area contributed by atoms with E-state index in [2.05, 4.69) is 43.1 Å². The number of nitrogens with zero attached hydrogens (tertiary/aromatic N) is 1. The molecule has 0 aromatic heterocycles. The zero-order valence-electron chi connectivity index (χ0n) is 8.98. The van der Waals surface area contributed by atoms with Gasteiger partial charge in [-0.2, -0.15) is 0 Å². The third-order valence-electron chi connectivity index (χ3n) is 2.56. The van der Waals surface area contributed by atoms with Crippen LogP contribution in [0.25, 0.3) is 0 Å². The Balaban J connectivity index is 2.71. The lowest BCUT2D eigenvalue weighted by Gasteiger charge is -2.26. The number of hydrogen-bond donors (Lipinski definition) is 1. The third-order valence-corrected chi connectivity index (χ3v) is 2.56. The first-order valence-corrected chi connectivity index (χ1v) is 5.15. The molecular formula is C12H19NO. The molecule has 0 aliphatic rings. The molecule has 1 atom stereocenters. The highest BCUT2D eigenvalue weighted by Gasteiger charge is 2.13. The molecule has 0 radical (unpaired) electrons. The molecule has 0 bridgehead atoms. The summed E-state index contributed by atoms with van der Waals surface area (Å²) in [5.74, 6) is 0. The van der Waals surface area contributed by atoms with Crippen LogP contribution in [0.3, 0.4) is 0 Å². The first-order valence-electron chi connectivity index (χ1n) is 5.15. The summed E-state index contributed by atoms with van der Waals surface area (Å²) in [4.78, 5) is 2.19. The first kappa shape index (κ1) is 11.2. The van der Waals surface area contributed by atoms with Crippen molar-refractivity contribution in [2.75, 3.05) is 20.2 Å². The van der Waals surface area contributed by atoms with Gasteiger partial charge in [-0.3, -0.25) is 4.90 Å². The number of benzene rings is 1. The minimum absolute atomic E-state index is 0.222. The molecule has 2 heteroatoms. The van der Waals surface area contributed by atoms with Gasteiger partial charge in [0.15, 0.2) is 0 Å². The standard InChI is InChI=1S/C12H19NO/c1-3-12(13(2)9-10-14)11-7-5-4-6-8-11/h4-8,12,14H,3,9-10H2,1-2H3/t12-/m0/s1. The maximum Gasteiger partial charge on any atom is 0.0558 e. The number of hydrogen-bond acceptors (Lipinski definition) is 2. The van der Waals surface area contributed by atoms with E-state index in [0.717, 1.165) is 13.0 Å². The zero-order valence-corrected chi connectivity index (χ0v) is 8.98. The predicted molar refractivity (Wildman–Crippen MR) is 59.2 cm³/mol. The quantitative estimate of drug-likeness (QED) is 0.773. The van der Waals surface area contributed by atoms with Crippen molar-refractivity contribution in [1.82, 2.24) is 4.90 Å². The second-order valence-electron chi connectivity index (χ2n) is 3.54. The molecule has 1 aromatic rings. The highest BCUT2D eigenvalue weighted by Crippen LogP contribution is 2.21. The molecule has 0 heterocycles. The van der Waals surface area contributed by atoms with Crippen LogP contribution in [0, 0.1) is 0 Å². The molecule has 0 aliphatic heterocycles. The summed E-state index contributed by atoms with van der Waals surface area (Å²) in [6.45, 7) is 3.12. The van der Waals surface area contributed by atoms with Crippen molar-refractivity contribution in [1.29, 1.82) is 0 Å². The van der Waals surface area contributed by atoms with E-state index in [9.17, 15) is 0 Å². The van der Waals surface area contributed by atoms with Gasteiger partial charge >= 0.3 is 0 Å². The van der Waals surface area contributed by atoms with Crippen LogP contribution >= 0.6 is 0 Å². The van der Waals surface area contributed by atoms with Gasteiger partial charge in [-0.15, -0.1) is 0 Å². The van der Waals surface area contributed by atoms with Crippen LogP contribution < -0.4 is 0 Å². The maximum absolute atomic E-state index is 8.89. The predicted octanol–water partition coefficient (Wildman–Crippen LogP) is 2.06. The van der Waals surface area contributed by atoms with E-state index in [4.69, 9.17) is 5.11 Å². The maximum atomic E-state index is 8.89. The monoisotopic (exact) mass is 193 g/mol. The Bertz CT molecular complexity index is 248. The number of aliphatic hydroxyl groups is 1. The fourth-order valence-corrected chi connectivity index (χ4v) is 1.79. The van der Waals surface area contributed by atoms with Crippen molar-refractivity contribution in [3.63, 3.8) is 0 Å². The van der Waals surface area contributed by atoms with Crippen LogP contribution in [0.2, 0.25) is 0 Å². The molecular weight excluding hydrogens is 174 g/mol. The van der Waals surface area contributed by atoms with Crippen LogP contribution in [0.15, 0.2) is 30.3 Å². The molecule has 0 saturated carbocycles. The molecule has 1 rings (SSSR count). The molecule has 2 nitrogen and oxygen atoms in total. The van der Waals surface area contributed by atoms with Crippen LogP contribution in [0.4, 0.5) is 0 Å². The Morgan fingerprint density at radius 3 is 2.43 bits per heavy atom. The summed E-state index contributed by atoms with van der Waals surface area (Å²) in [6.07, 6.45) is 1.07. The highest BCUT2D eigenvalue weighted by atomic mass is 16.3. The highest BCUT2D eigenvalue weighted by molar-refractivity contribution is 5.18. The lowest BCUT2D eigenvalue weighted by atomic mass is 10.0. The van der Waals surface area contributed by atoms with Crippen molar-refractivity contribution in [3.8, 4) is 0 Å². The SMILES string of the molecule is CC[C@@H](c1ccccc1)N(C)CCO. The Morgan fingerprint density at radius 2 is 1.93 bits per heavy atom. The van der Waals surface area contributed by atoms with Crippen LogP contribution in [-0.4, -0.2) is 30.2 Å². The molecule has 0 saturated heterocycles. The van der Waals surface area contributed by atoms with Crippen molar-refractivity contribution in [2.24, 2.45) is 0 Å². The van der Waals surface area contributed by atoms with Crippen LogP contribution in [0.5, 0.6) is 0 Å². The van der Waals surface area contributed by atoms with Gasteiger partial charge < -0.3 is 5.11 Å². The molecule has 0 unspecified atom stereocenters. The minimum Gasteiger partial charge on any atom is -0.395 e. The summed E-state index contributed by atoms with van der Waals surface area (Å²) in [5, 5.41) is 8.89. The lowest BCUT2D eigenvalue weighted by molar-refractivity contribution is 0.177. The summed E-state index contributed by atoms with van der Waals surface area (Å²) < 4.78 is 0. The van der Waals surface area contributed by atoms with Crippen molar-refractivity contribution < 1.29 is 5.11 Å². The first-order chi connectivity index (χ1) is 6.79. The molecule has 78 valence electrons. The van der Waals surface area contributed by atoms with E-state index >= 15 is 0 Å². The van der Waals surface area contributed by atoms with E-state index in [-0.39, 0.29) is 6.61 Å². The Morgan fingerprint density at radius 1 is 1.29 bits per heavy atom. The second kappa shape index (κ2) is 5.78. The van der Waals surface area contributed by atoms with Gasteiger partial charge in [-0.1, -0.05) is 37.3 Å². The normalized spacial score (nSPS) is 13.1. The van der Waals surface area contributed by atoms with Crippen LogP contribution in [0.1, 0.15) is 24.9 Å². The second-order valence-corrected chi connectivity index (χ2v) is 3.54. The van der Waals surface area contributed by atoms with Gasteiger partial charge in [-0.25, -0.2) is 0 Å². The average Bonchev–Trinajstić information content (AvgIpc) is 2.21. The molecule has 0 amide bonds. The van der Waals surface area contributed by atoms with Gasteiger partial charge in [0, 0.05) is 12.6 Å². The van der Waals surface area contributed by atoms with E-state index in [0.29, 0.717) is 6.04 Å². The van der Waals surface area contributed by atoms with E-state index in [1.165, 1.54) is 5.56 Å².